The van der Waals surface area contributed by atoms with E-state index < -0.39 is 11.6 Å². The van der Waals surface area contributed by atoms with Gasteiger partial charge < -0.3 is 24.4 Å². The van der Waals surface area contributed by atoms with E-state index in [9.17, 15) is 14.4 Å². The second-order valence-electron chi connectivity index (χ2n) is 12.1. The van der Waals surface area contributed by atoms with E-state index in [1.165, 1.54) is 4.80 Å². The summed E-state index contributed by atoms with van der Waals surface area (Å²) in [5.41, 5.74) is 1.32. The number of rotatable bonds is 10. The first kappa shape index (κ1) is 30.7. The molecule has 12 heteroatoms. The van der Waals surface area contributed by atoms with Crippen molar-refractivity contribution in [1.29, 1.82) is 0 Å². The lowest BCUT2D eigenvalue weighted by atomic mass is 9.80. The average molecular weight is 595 g/mol. The molecule has 1 unspecified atom stereocenters. The van der Waals surface area contributed by atoms with E-state index >= 15 is 0 Å². The molecule has 1 aliphatic carbocycles. The number of Topliss-reactive ketones (excluding diaryl/α,β-unsaturated/α-hetero) is 2. The van der Waals surface area contributed by atoms with Crippen molar-refractivity contribution in [3.8, 4) is 5.75 Å². The van der Waals surface area contributed by atoms with E-state index in [2.05, 4.69) is 15.5 Å². The quantitative estimate of drug-likeness (QED) is 0.321. The molecule has 5 rings (SSSR count). The fourth-order valence-electron chi connectivity index (χ4n) is 5.79. The molecule has 43 heavy (non-hydrogen) atoms. The van der Waals surface area contributed by atoms with Crippen molar-refractivity contribution in [2.24, 2.45) is 0 Å². The Bertz CT molecular complexity index is 1360. The van der Waals surface area contributed by atoms with Gasteiger partial charge in [0.05, 0.1) is 32.1 Å². The molecular weight excluding hydrogens is 552 g/mol. The predicted octanol–water partition coefficient (Wildman–Crippen LogP) is 3.77. The van der Waals surface area contributed by atoms with Crippen molar-refractivity contribution < 1.29 is 28.6 Å². The first-order valence-corrected chi connectivity index (χ1v) is 15.0. The van der Waals surface area contributed by atoms with Crippen molar-refractivity contribution in [2.45, 2.75) is 83.6 Å². The monoisotopic (exact) mass is 594 g/mol. The second kappa shape index (κ2) is 12.8. The summed E-state index contributed by atoms with van der Waals surface area (Å²) in [6.07, 6.45) is 3.92. The molecule has 232 valence electrons. The van der Waals surface area contributed by atoms with Gasteiger partial charge in [-0.3, -0.25) is 14.5 Å². The zero-order chi connectivity index (χ0) is 30.7. The number of nitrogens with zero attached hydrogens (tertiary/aromatic N) is 5. The van der Waals surface area contributed by atoms with E-state index in [1.54, 1.807) is 18.9 Å². The standard InChI is InChI=1S/C31H42N6O6/c1-6-25(38)27(35-15-16-36(24-12-11-23(24)35)30(40)43-31(2,3)4)28(39)26-29(32-19-20-7-9-22(41-5)10-8-20)34-37(33-26)21-13-17-42-18-14-21/h7-10,13,23-24,27H,6,11-12,14-19H2,1-5H3,(H,32,34)/t23-,24-,27?/m0/s1. The van der Waals surface area contributed by atoms with E-state index in [4.69, 9.17) is 14.2 Å². The number of benzene rings is 1. The summed E-state index contributed by atoms with van der Waals surface area (Å²) >= 11 is 0. The van der Waals surface area contributed by atoms with Crippen molar-refractivity contribution in [3.63, 3.8) is 0 Å². The zero-order valence-electron chi connectivity index (χ0n) is 25.7. The highest BCUT2D eigenvalue weighted by atomic mass is 16.6. The molecule has 0 bridgehead atoms. The minimum atomic E-state index is -1.02. The number of nitrogens with one attached hydrogen (secondary N) is 1. The van der Waals surface area contributed by atoms with Crippen LogP contribution in [0.4, 0.5) is 10.6 Å². The molecule has 1 saturated carbocycles. The minimum Gasteiger partial charge on any atom is -0.497 e. The predicted molar refractivity (Wildman–Crippen MR) is 160 cm³/mol. The van der Waals surface area contributed by atoms with Gasteiger partial charge in [-0.25, -0.2) is 4.79 Å². The Morgan fingerprint density at radius 2 is 1.84 bits per heavy atom. The molecule has 2 aromatic rings. The van der Waals surface area contributed by atoms with Crippen LogP contribution in [0.3, 0.4) is 0 Å². The second-order valence-corrected chi connectivity index (χ2v) is 12.1. The Hall–Kier alpha value is -3.77. The number of aromatic nitrogens is 3. The van der Waals surface area contributed by atoms with Gasteiger partial charge in [0, 0.05) is 38.5 Å². The van der Waals surface area contributed by atoms with Gasteiger partial charge in [0.2, 0.25) is 5.78 Å². The summed E-state index contributed by atoms with van der Waals surface area (Å²) in [5.74, 6) is 0.500. The summed E-state index contributed by atoms with van der Waals surface area (Å²) in [6, 6.07) is 6.36. The Labute approximate surface area is 252 Å². The van der Waals surface area contributed by atoms with E-state index in [0.29, 0.717) is 45.1 Å². The van der Waals surface area contributed by atoms with Crippen molar-refractivity contribution in [3.05, 3.63) is 41.6 Å². The van der Waals surface area contributed by atoms with Crippen molar-refractivity contribution in [2.75, 3.05) is 38.7 Å². The maximum absolute atomic E-state index is 14.4. The molecule has 1 amide bonds. The van der Waals surface area contributed by atoms with Crippen LogP contribution >= 0.6 is 0 Å². The zero-order valence-corrected chi connectivity index (χ0v) is 25.7. The van der Waals surface area contributed by atoms with E-state index in [1.807, 2.05) is 56.0 Å². The molecule has 12 nitrogen and oxygen atoms in total. The molecule has 3 aliphatic rings. The molecule has 3 heterocycles. The molecule has 1 aromatic heterocycles. The van der Waals surface area contributed by atoms with Gasteiger partial charge in [-0.15, -0.1) is 10.2 Å². The third-order valence-corrected chi connectivity index (χ3v) is 8.15. The Morgan fingerprint density at radius 3 is 2.44 bits per heavy atom. The topological polar surface area (TPSA) is 128 Å². The molecular formula is C31H42N6O6. The fourth-order valence-corrected chi connectivity index (χ4v) is 5.79. The number of anilines is 1. The van der Waals surface area contributed by atoms with Gasteiger partial charge in [0.15, 0.2) is 17.3 Å². The number of ether oxygens (including phenoxy) is 3. The smallest absolute Gasteiger partial charge is 0.410 e. The third-order valence-electron chi connectivity index (χ3n) is 8.15. The molecule has 0 radical (unpaired) electrons. The number of carbonyl (C=O) groups is 3. The molecule has 3 atom stereocenters. The van der Waals surface area contributed by atoms with Crippen LogP contribution in [0.5, 0.6) is 5.75 Å². The van der Waals surface area contributed by atoms with E-state index in [0.717, 1.165) is 29.9 Å². The largest absolute Gasteiger partial charge is 0.497 e. The van der Waals surface area contributed by atoms with Crippen molar-refractivity contribution in [1.82, 2.24) is 24.8 Å². The number of ketones is 2. The van der Waals surface area contributed by atoms with E-state index in [-0.39, 0.29) is 41.9 Å². The molecule has 2 aliphatic heterocycles. The number of hydrogen-bond donors (Lipinski definition) is 1. The van der Waals surface area contributed by atoms with Crippen LogP contribution in [0.15, 0.2) is 30.3 Å². The number of amides is 1. The third kappa shape index (κ3) is 6.75. The van der Waals surface area contributed by atoms with Crippen LogP contribution in [0.2, 0.25) is 0 Å². The Balaban J connectivity index is 1.42. The highest BCUT2D eigenvalue weighted by molar-refractivity contribution is 6.15. The first-order chi connectivity index (χ1) is 20.6. The number of carbonyl (C=O) groups excluding carboxylic acids is 3. The Morgan fingerprint density at radius 1 is 1.09 bits per heavy atom. The van der Waals surface area contributed by atoms with Crippen LogP contribution in [0.25, 0.3) is 5.70 Å². The normalized spacial score (nSPS) is 21.2. The highest BCUT2D eigenvalue weighted by Gasteiger charge is 2.50. The maximum Gasteiger partial charge on any atom is 0.410 e. The van der Waals surface area contributed by atoms with Crippen LogP contribution in [0, 0.1) is 0 Å². The summed E-state index contributed by atoms with van der Waals surface area (Å²) in [4.78, 5) is 46.0. The molecule has 1 N–H and O–H groups in total. The van der Waals surface area contributed by atoms with Gasteiger partial charge in [-0.05, 0) is 57.4 Å². The first-order valence-electron chi connectivity index (χ1n) is 15.0. The number of methoxy groups -OCH3 is 1. The SMILES string of the molecule is CCC(=O)C(C(=O)c1nn(C2=CCOCC2)nc1NCc1ccc(OC)cc1)N1CCN(C(=O)OC(C)(C)C)[C@H]2CC[C@@H]21. The maximum atomic E-state index is 14.4. The van der Waals surface area contributed by atoms with Crippen LogP contribution in [-0.4, -0.2) is 99.6 Å². The number of piperazine rings is 1. The van der Waals surface area contributed by atoms with Gasteiger partial charge in [0.25, 0.3) is 0 Å². The fraction of sp³-hybridized carbons (Fsp3) is 0.581. The van der Waals surface area contributed by atoms with Gasteiger partial charge in [0.1, 0.15) is 17.4 Å². The lowest BCUT2D eigenvalue weighted by molar-refractivity contribution is -0.127. The lowest BCUT2D eigenvalue weighted by Gasteiger charge is -2.54. The van der Waals surface area contributed by atoms with Crippen LogP contribution < -0.4 is 10.1 Å². The summed E-state index contributed by atoms with van der Waals surface area (Å²) in [5, 5.41) is 12.6. The summed E-state index contributed by atoms with van der Waals surface area (Å²) in [7, 11) is 1.62. The molecule has 1 aromatic carbocycles. The Kier molecular flexibility index (Phi) is 9.16. The lowest BCUT2D eigenvalue weighted by Crippen LogP contribution is -2.69. The van der Waals surface area contributed by atoms with Gasteiger partial charge in [-0.2, -0.15) is 4.80 Å². The molecule has 1 saturated heterocycles. The van der Waals surface area contributed by atoms with Crippen LogP contribution in [0.1, 0.15) is 69.4 Å². The van der Waals surface area contributed by atoms with Crippen LogP contribution in [-0.2, 0) is 20.8 Å². The van der Waals surface area contributed by atoms with Crippen molar-refractivity contribution >= 4 is 29.2 Å². The summed E-state index contributed by atoms with van der Waals surface area (Å²) in [6.45, 7) is 9.44. The summed E-state index contributed by atoms with van der Waals surface area (Å²) < 4.78 is 16.4. The highest BCUT2D eigenvalue weighted by Crippen LogP contribution is 2.37. The number of fused-ring (bicyclic) bond motifs is 1. The number of hydrogen-bond acceptors (Lipinski definition) is 10. The minimum absolute atomic E-state index is 0.112. The van der Waals surface area contributed by atoms with Gasteiger partial charge in [-0.1, -0.05) is 19.1 Å². The molecule has 2 fully saturated rings. The average Bonchev–Trinajstić information content (AvgIpc) is 3.41. The van der Waals surface area contributed by atoms with Gasteiger partial charge >= 0.3 is 6.09 Å². The molecule has 0 spiro atoms.